The monoisotopic (exact) mass is 283 g/mol. The van der Waals surface area contributed by atoms with Crippen molar-refractivity contribution < 1.29 is 18.7 Å². The average Bonchev–Trinajstić information content (AvgIpc) is 2.32. The SMILES string of the molecule is Nc1cc(F)ccc1-c1cc(Cl)c(C(=O)O)cc1F. The molecule has 0 saturated heterocycles. The molecule has 0 radical (unpaired) electrons. The molecule has 0 spiro atoms. The molecule has 0 amide bonds. The molecule has 98 valence electrons. The summed E-state index contributed by atoms with van der Waals surface area (Å²) in [5.74, 6) is -2.67. The summed E-state index contributed by atoms with van der Waals surface area (Å²) in [6, 6.07) is 5.45. The minimum absolute atomic E-state index is 0.0208. The van der Waals surface area contributed by atoms with Crippen molar-refractivity contribution in [1.29, 1.82) is 0 Å². The fourth-order valence-electron chi connectivity index (χ4n) is 1.70. The summed E-state index contributed by atoms with van der Waals surface area (Å²) < 4.78 is 26.8. The van der Waals surface area contributed by atoms with Crippen molar-refractivity contribution in [3.05, 3.63) is 52.6 Å². The van der Waals surface area contributed by atoms with Crippen LogP contribution in [0.25, 0.3) is 11.1 Å². The number of halogens is 3. The largest absolute Gasteiger partial charge is 0.478 e. The van der Waals surface area contributed by atoms with Gasteiger partial charge in [0.1, 0.15) is 11.6 Å². The molecule has 2 aromatic rings. The van der Waals surface area contributed by atoms with Gasteiger partial charge in [-0.2, -0.15) is 0 Å². The number of anilines is 1. The van der Waals surface area contributed by atoms with Crippen LogP contribution in [0.1, 0.15) is 10.4 Å². The van der Waals surface area contributed by atoms with E-state index in [1.54, 1.807) is 0 Å². The van der Waals surface area contributed by atoms with E-state index in [1.807, 2.05) is 0 Å². The van der Waals surface area contributed by atoms with Gasteiger partial charge in [-0.05, 0) is 30.3 Å². The predicted octanol–water partition coefficient (Wildman–Crippen LogP) is 3.57. The molecule has 0 atom stereocenters. The molecule has 2 rings (SSSR count). The summed E-state index contributed by atoms with van der Waals surface area (Å²) in [7, 11) is 0. The first-order valence-corrected chi connectivity index (χ1v) is 5.55. The van der Waals surface area contributed by atoms with Crippen LogP contribution in [0, 0.1) is 11.6 Å². The van der Waals surface area contributed by atoms with Crippen molar-refractivity contribution in [3.8, 4) is 11.1 Å². The van der Waals surface area contributed by atoms with E-state index in [9.17, 15) is 13.6 Å². The van der Waals surface area contributed by atoms with E-state index in [0.29, 0.717) is 0 Å². The van der Waals surface area contributed by atoms with Crippen LogP contribution in [-0.2, 0) is 0 Å². The lowest BCUT2D eigenvalue weighted by atomic mass is 10.0. The first-order chi connectivity index (χ1) is 8.90. The van der Waals surface area contributed by atoms with Gasteiger partial charge in [0.05, 0.1) is 10.6 Å². The Morgan fingerprint density at radius 2 is 1.84 bits per heavy atom. The molecule has 0 aliphatic heterocycles. The molecule has 19 heavy (non-hydrogen) atoms. The Hall–Kier alpha value is -2.14. The lowest BCUT2D eigenvalue weighted by Crippen LogP contribution is -2.00. The van der Waals surface area contributed by atoms with E-state index < -0.39 is 17.6 Å². The van der Waals surface area contributed by atoms with E-state index in [0.717, 1.165) is 24.3 Å². The smallest absolute Gasteiger partial charge is 0.337 e. The summed E-state index contributed by atoms with van der Waals surface area (Å²) >= 11 is 5.77. The van der Waals surface area contributed by atoms with Crippen LogP contribution in [0.2, 0.25) is 5.02 Å². The van der Waals surface area contributed by atoms with Crippen molar-refractivity contribution >= 4 is 23.3 Å². The molecule has 0 fully saturated rings. The van der Waals surface area contributed by atoms with Crippen LogP contribution in [0.15, 0.2) is 30.3 Å². The number of nitrogens with two attached hydrogens (primary N) is 1. The zero-order chi connectivity index (χ0) is 14.2. The van der Waals surface area contributed by atoms with Crippen LogP contribution < -0.4 is 5.73 Å². The molecule has 0 bridgehead atoms. The molecule has 0 heterocycles. The van der Waals surface area contributed by atoms with Crippen LogP contribution in [-0.4, -0.2) is 11.1 Å². The van der Waals surface area contributed by atoms with Crippen LogP contribution in [0.5, 0.6) is 0 Å². The molecule has 0 unspecified atom stereocenters. The third-order valence-electron chi connectivity index (χ3n) is 2.59. The van der Waals surface area contributed by atoms with Gasteiger partial charge in [-0.1, -0.05) is 11.6 Å². The summed E-state index contributed by atoms with van der Waals surface area (Å²) in [6.45, 7) is 0. The number of hydrogen-bond acceptors (Lipinski definition) is 2. The summed E-state index contributed by atoms with van der Waals surface area (Å²) in [5.41, 5.74) is 5.57. The Kier molecular flexibility index (Phi) is 3.40. The molecule has 3 nitrogen and oxygen atoms in total. The highest BCUT2D eigenvalue weighted by molar-refractivity contribution is 6.33. The lowest BCUT2D eigenvalue weighted by molar-refractivity contribution is 0.0696. The number of carbonyl (C=O) groups is 1. The number of nitrogen functional groups attached to an aromatic ring is 1. The van der Waals surface area contributed by atoms with Gasteiger partial charge in [0, 0.05) is 16.8 Å². The van der Waals surface area contributed by atoms with Gasteiger partial charge >= 0.3 is 5.97 Å². The third-order valence-corrected chi connectivity index (χ3v) is 2.90. The maximum atomic E-state index is 13.9. The zero-order valence-electron chi connectivity index (χ0n) is 9.45. The summed E-state index contributed by atoms with van der Waals surface area (Å²) in [6.07, 6.45) is 0. The number of aromatic carboxylic acids is 1. The average molecular weight is 284 g/mol. The van der Waals surface area contributed by atoms with E-state index >= 15 is 0 Å². The molecule has 0 aliphatic carbocycles. The highest BCUT2D eigenvalue weighted by Gasteiger charge is 2.16. The van der Waals surface area contributed by atoms with Gasteiger partial charge in [-0.15, -0.1) is 0 Å². The molecule has 2 aromatic carbocycles. The second kappa shape index (κ2) is 4.85. The fraction of sp³-hybridized carbons (Fsp3) is 0. The van der Waals surface area contributed by atoms with Crippen LogP contribution >= 0.6 is 11.6 Å². The molecule has 0 aliphatic rings. The topological polar surface area (TPSA) is 63.3 Å². The molecular formula is C13H8ClF2NO2. The van der Waals surface area contributed by atoms with Crippen molar-refractivity contribution in [3.63, 3.8) is 0 Å². The first-order valence-electron chi connectivity index (χ1n) is 5.18. The summed E-state index contributed by atoms with van der Waals surface area (Å²) in [5, 5.41) is 8.70. The molecular weight excluding hydrogens is 276 g/mol. The van der Waals surface area contributed by atoms with E-state index in [-0.39, 0.29) is 27.4 Å². The maximum absolute atomic E-state index is 13.9. The Bertz CT molecular complexity index is 674. The van der Waals surface area contributed by atoms with Crippen molar-refractivity contribution in [2.75, 3.05) is 5.73 Å². The van der Waals surface area contributed by atoms with Gasteiger partial charge in [0.2, 0.25) is 0 Å². The lowest BCUT2D eigenvalue weighted by Gasteiger charge is -2.09. The summed E-state index contributed by atoms with van der Waals surface area (Å²) in [4.78, 5) is 10.8. The zero-order valence-corrected chi connectivity index (χ0v) is 10.2. The first kappa shape index (κ1) is 13.3. The van der Waals surface area contributed by atoms with Gasteiger partial charge in [-0.3, -0.25) is 0 Å². The van der Waals surface area contributed by atoms with E-state index in [4.69, 9.17) is 22.4 Å². The molecule has 3 N–H and O–H groups in total. The second-order valence-corrected chi connectivity index (χ2v) is 4.26. The minimum Gasteiger partial charge on any atom is -0.478 e. The predicted molar refractivity (Wildman–Crippen MR) is 68.2 cm³/mol. The maximum Gasteiger partial charge on any atom is 0.337 e. The Morgan fingerprint density at radius 3 is 2.42 bits per heavy atom. The van der Waals surface area contributed by atoms with Crippen LogP contribution in [0.3, 0.4) is 0 Å². The third kappa shape index (κ3) is 2.51. The Morgan fingerprint density at radius 1 is 1.16 bits per heavy atom. The van der Waals surface area contributed by atoms with Crippen LogP contribution in [0.4, 0.5) is 14.5 Å². The molecule has 0 aromatic heterocycles. The van der Waals surface area contributed by atoms with Gasteiger partial charge < -0.3 is 10.8 Å². The number of benzene rings is 2. The van der Waals surface area contributed by atoms with Crippen molar-refractivity contribution in [2.45, 2.75) is 0 Å². The van der Waals surface area contributed by atoms with Crippen molar-refractivity contribution in [2.24, 2.45) is 0 Å². The van der Waals surface area contributed by atoms with E-state index in [1.165, 1.54) is 6.07 Å². The van der Waals surface area contributed by atoms with Gasteiger partial charge in [-0.25, -0.2) is 13.6 Å². The number of rotatable bonds is 2. The fourth-order valence-corrected chi connectivity index (χ4v) is 1.94. The number of hydrogen-bond donors (Lipinski definition) is 2. The number of carboxylic acid groups (broad SMARTS) is 1. The molecule has 6 heteroatoms. The van der Waals surface area contributed by atoms with Gasteiger partial charge in [0.15, 0.2) is 0 Å². The highest BCUT2D eigenvalue weighted by Crippen LogP contribution is 2.32. The Balaban J connectivity index is 2.63. The second-order valence-electron chi connectivity index (χ2n) is 3.85. The normalized spacial score (nSPS) is 10.5. The highest BCUT2D eigenvalue weighted by atomic mass is 35.5. The van der Waals surface area contributed by atoms with E-state index in [2.05, 4.69) is 0 Å². The Labute approximate surface area is 112 Å². The quantitative estimate of drug-likeness (QED) is 0.828. The standard InChI is InChI=1S/C13H8ClF2NO2/c14-10-4-8(11(16)5-9(10)13(18)19)7-2-1-6(15)3-12(7)17/h1-5H,17H2,(H,18,19). The number of carboxylic acids is 1. The molecule has 0 saturated carbocycles. The minimum atomic E-state index is -1.33. The van der Waals surface area contributed by atoms with Gasteiger partial charge in [0.25, 0.3) is 0 Å². The van der Waals surface area contributed by atoms with Crippen molar-refractivity contribution in [1.82, 2.24) is 0 Å².